The van der Waals surface area contributed by atoms with Crippen LogP contribution in [0.2, 0.25) is 0 Å². The van der Waals surface area contributed by atoms with E-state index in [1.807, 2.05) is 5.38 Å². The van der Waals surface area contributed by atoms with Crippen molar-refractivity contribution < 1.29 is 4.79 Å². The molecule has 2 N–H and O–H groups in total. The summed E-state index contributed by atoms with van der Waals surface area (Å²) in [4.78, 5) is 19.2. The van der Waals surface area contributed by atoms with Crippen molar-refractivity contribution in [1.29, 1.82) is 0 Å². The van der Waals surface area contributed by atoms with Crippen LogP contribution in [0.3, 0.4) is 0 Å². The minimum absolute atomic E-state index is 0.106. The van der Waals surface area contributed by atoms with Crippen LogP contribution < -0.4 is 5.73 Å². The van der Waals surface area contributed by atoms with E-state index < -0.39 is 0 Å². The van der Waals surface area contributed by atoms with Crippen LogP contribution in [0.25, 0.3) is 0 Å². The Labute approximate surface area is 125 Å². The van der Waals surface area contributed by atoms with Crippen molar-refractivity contribution in [3.8, 4) is 0 Å². The van der Waals surface area contributed by atoms with Gasteiger partial charge in [-0.15, -0.1) is 11.3 Å². The number of nitrogens with two attached hydrogens (primary N) is 1. The molecule has 0 radical (unpaired) electrons. The molecule has 2 atom stereocenters. The molecule has 1 aliphatic heterocycles. The van der Waals surface area contributed by atoms with Gasteiger partial charge in [0.25, 0.3) is 5.91 Å². The average molecular weight is 295 g/mol. The quantitative estimate of drug-likeness (QED) is 0.908. The van der Waals surface area contributed by atoms with E-state index in [1.54, 1.807) is 11.3 Å². The summed E-state index contributed by atoms with van der Waals surface area (Å²) in [5.41, 5.74) is 6.15. The second kappa shape index (κ2) is 7.18. The predicted octanol–water partition coefficient (Wildman–Crippen LogP) is 2.69. The van der Waals surface area contributed by atoms with Gasteiger partial charge in [-0.25, -0.2) is 4.98 Å². The van der Waals surface area contributed by atoms with Crippen LogP contribution in [-0.2, 0) is 6.42 Å². The Morgan fingerprint density at radius 2 is 2.40 bits per heavy atom. The van der Waals surface area contributed by atoms with Crippen molar-refractivity contribution in [2.24, 2.45) is 11.7 Å². The van der Waals surface area contributed by atoms with Gasteiger partial charge in [0.1, 0.15) is 5.69 Å². The van der Waals surface area contributed by atoms with Crippen molar-refractivity contribution in [3.05, 3.63) is 16.1 Å². The van der Waals surface area contributed by atoms with Gasteiger partial charge in [0.15, 0.2) is 0 Å². The number of hydrogen-bond acceptors (Lipinski definition) is 4. The van der Waals surface area contributed by atoms with Gasteiger partial charge in [-0.05, 0) is 31.7 Å². The monoisotopic (exact) mass is 295 g/mol. The Morgan fingerprint density at radius 3 is 3.10 bits per heavy atom. The molecule has 2 unspecified atom stereocenters. The van der Waals surface area contributed by atoms with E-state index in [9.17, 15) is 4.79 Å². The predicted molar refractivity (Wildman–Crippen MR) is 83.0 cm³/mol. The lowest BCUT2D eigenvalue weighted by atomic mass is 9.88. The summed E-state index contributed by atoms with van der Waals surface area (Å²) in [6.45, 7) is 5.91. The highest BCUT2D eigenvalue weighted by Crippen LogP contribution is 2.28. The van der Waals surface area contributed by atoms with Crippen LogP contribution >= 0.6 is 11.3 Å². The lowest BCUT2D eigenvalue weighted by molar-refractivity contribution is 0.0492. The van der Waals surface area contributed by atoms with Crippen LogP contribution in [0.15, 0.2) is 5.38 Å². The first-order valence-corrected chi connectivity index (χ1v) is 8.50. The average Bonchev–Trinajstić information content (AvgIpc) is 2.89. The molecule has 1 aromatic heterocycles. The molecule has 20 heavy (non-hydrogen) atoms. The Kier molecular flexibility index (Phi) is 5.54. The molecule has 4 nitrogen and oxygen atoms in total. The van der Waals surface area contributed by atoms with E-state index in [1.165, 1.54) is 6.42 Å². The molecule has 0 spiro atoms. The van der Waals surface area contributed by atoms with Gasteiger partial charge in [-0.3, -0.25) is 4.79 Å². The fourth-order valence-corrected chi connectivity index (χ4v) is 3.82. The molecule has 5 heteroatoms. The zero-order valence-electron chi connectivity index (χ0n) is 12.5. The van der Waals surface area contributed by atoms with Crippen molar-refractivity contribution in [2.45, 2.75) is 52.0 Å². The summed E-state index contributed by atoms with van der Waals surface area (Å²) in [7, 11) is 0. The standard InChI is InChI=1S/C15H25N3OS/c1-3-5-13-11(2)6-4-9-18(13)15(19)12-10-20-14(17-12)7-8-16/h10-11,13H,3-9,16H2,1-2H3. The number of aromatic nitrogens is 1. The molecule has 2 heterocycles. The molecule has 0 bridgehead atoms. The van der Waals surface area contributed by atoms with Gasteiger partial charge in [0, 0.05) is 24.4 Å². The number of carbonyl (C=O) groups excluding carboxylic acids is 1. The maximum Gasteiger partial charge on any atom is 0.273 e. The highest BCUT2D eigenvalue weighted by atomic mass is 32.1. The maximum absolute atomic E-state index is 12.7. The first-order chi connectivity index (χ1) is 9.67. The van der Waals surface area contributed by atoms with E-state index >= 15 is 0 Å². The van der Waals surface area contributed by atoms with Crippen LogP contribution in [0.5, 0.6) is 0 Å². The third kappa shape index (κ3) is 3.38. The van der Waals surface area contributed by atoms with Crippen LogP contribution in [0, 0.1) is 5.92 Å². The highest BCUT2D eigenvalue weighted by molar-refractivity contribution is 7.09. The third-order valence-corrected chi connectivity index (χ3v) is 5.00. The number of piperidine rings is 1. The summed E-state index contributed by atoms with van der Waals surface area (Å²) in [5, 5.41) is 2.85. The van der Waals surface area contributed by atoms with Crippen molar-refractivity contribution in [2.75, 3.05) is 13.1 Å². The van der Waals surface area contributed by atoms with Crippen molar-refractivity contribution in [1.82, 2.24) is 9.88 Å². The molecular formula is C15H25N3OS. The lowest BCUT2D eigenvalue weighted by Gasteiger charge is -2.39. The number of hydrogen-bond donors (Lipinski definition) is 1. The van der Waals surface area contributed by atoms with Crippen LogP contribution in [-0.4, -0.2) is 34.9 Å². The van der Waals surface area contributed by atoms with Crippen molar-refractivity contribution in [3.63, 3.8) is 0 Å². The Balaban J connectivity index is 2.12. The fraction of sp³-hybridized carbons (Fsp3) is 0.733. The SMILES string of the molecule is CCCC1C(C)CCCN1C(=O)c1csc(CCN)n1. The topological polar surface area (TPSA) is 59.2 Å². The van der Waals surface area contributed by atoms with Gasteiger partial charge in [-0.2, -0.15) is 0 Å². The van der Waals surface area contributed by atoms with E-state index in [0.717, 1.165) is 37.2 Å². The smallest absolute Gasteiger partial charge is 0.273 e. The van der Waals surface area contributed by atoms with Gasteiger partial charge in [0.2, 0.25) is 0 Å². The maximum atomic E-state index is 12.7. The molecule has 1 aliphatic rings. The highest BCUT2D eigenvalue weighted by Gasteiger charge is 2.32. The fourth-order valence-electron chi connectivity index (χ4n) is 3.03. The van der Waals surface area contributed by atoms with Gasteiger partial charge >= 0.3 is 0 Å². The Bertz CT molecular complexity index is 446. The summed E-state index contributed by atoms with van der Waals surface area (Å²) in [6.07, 6.45) is 5.30. The minimum Gasteiger partial charge on any atom is -0.334 e. The zero-order chi connectivity index (χ0) is 14.5. The second-order valence-electron chi connectivity index (χ2n) is 5.64. The second-order valence-corrected chi connectivity index (χ2v) is 6.58. The lowest BCUT2D eigenvalue weighted by Crippen LogP contribution is -2.47. The van der Waals surface area contributed by atoms with E-state index in [4.69, 9.17) is 5.73 Å². The van der Waals surface area contributed by atoms with E-state index in [2.05, 4.69) is 23.7 Å². The molecule has 1 fully saturated rings. The minimum atomic E-state index is 0.106. The number of thiazole rings is 1. The van der Waals surface area contributed by atoms with Gasteiger partial charge in [-0.1, -0.05) is 20.3 Å². The summed E-state index contributed by atoms with van der Waals surface area (Å²) >= 11 is 1.54. The number of nitrogens with zero attached hydrogens (tertiary/aromatic N) is 2. The molecule has 2 rings (SSSR count). The molecular weight excluding hydrogens is 270 g/mol. The number of carbonyl (C=O) groups is 1. The van der Waals surface area contributed by atoms with Crippen molar-refractivity contribution >= 4 is 17.2 Å². The molecule has 1 saturated heterocycles. The Morgan fingerprint density at radius 1 is 1.60 bits per heavy atom. The molecule has 0 saturated carbocycles. The number of amides is 1. The molecule has 1 aromatic rings. The number of likely N-dealkylation sites (tertiary alicyclic amines) is 1. The molecule has 0 aliphatic carbocycles. The van der Waals surface area contributed by atoms with Gasteiger partial charge in [0.05, 0.1) is 5.01 Å². The van der Waals surface area contributed by atoms with Crippen LogP contribution in [0.4, 0.5) is 0 Å². The summed E-state index contributed by atoms with van der Waals surface area (Å²) in [6, 6.07) is 0.376. The van der Waals surface area contributed by atoms with E-state index in [-0.39, 0.29) is 5.91 Å². The first kappa shape index (κ1) is 15.4. The largest absolute Gasteiger partial charge is 0.334 e. The molecule has 0 aromatic carbocycles. The molecule has 112 valence electrons. The van der Waals surface area contributed by atoms with Gasteiger partial charge < -0.3 is 10.6 Å². The Hall–Kier alpha value is -0.940. The normalized spacial score (nSPS) is 23.1. The summed E-state index contributed by atoms with van der Waals surface area (Å²) in [5.74, 6) is 0.698. The zero-order valence-corrected chi connectivity index (χ0v) is 13.3. The number of rotatable bonds is 5. The summed E-state index contributed by atoms with van der Waals surface area (Å²) < 4.78 is 0. The van der Waals surface area contributed by atoms with E-state index in [0.29, 0.717) is 24.2 Å². The third-order valence-electron chi connectivity index (χ3n) is 4.09. The molecule has 1 amide bonds. The van der Waals surface area contributed by atoms with Crippen LogP contribution in [0.1, 0.15) is 55.0 Å². The first-order valence-electron chi connectivity index (χ1n) is 7.62.